The highest BCUT2D eigenvalue weighted by molar-refractivity contribution is 5.80. The Morgan fingerprint density at radius 2 is 2.05 bits per heavy atom. The Morgan fingerprint density at radius 1 is 1.32 bits per heavy atom. The molecule has 4 atom stereocenters. The fraction of sp³-hybridized carbons (Fsp3) is 0.824. The summed E-state index contributed by atoms with van der Waals surface area (Å²) < 4.78 is 5.10. The molecule has 0 aromatic carbocycles. The molecule has 1 unspecified atom stereocenters. The van der Waals surface area contributed by atoms with Gasteiger partial charge in [-0.05, 0) is 62.7 Å². The van der Waals surface area contributed by atoms with Gasteiger partial charge < -0.3 is 4.74 Å². The standard InChI is InChI=1S/C17H26O2/c1-11-4-6-13-12(2)5-7-15(14(13)10-11)17(8-9-17)16(18)19-3/h10,12-15H,4-9H2,1-3H3/t12-,13+,14+,15?/m1/s1. The second-order valence-corrected chi connectivity index (χ2v) is 7.10. The maximum Gasteiger partial charge on any atom is 0.312 e. The van der Waals surface area contributed by atoms with Crippen molar-refractivity contribution in [2.45, 2.75) is 52.4 Å². The van der Waals surface area contributed by atoms with Crippen molar-refractivity contribution in [3.8, 4) is 0 Å². The third kappa shape index (κ3) is 2.04. The largest absolute Gasteiger partial charge is 0.469 e. The molecule has 0 spiro atoms. The fourth-order valence-corrected chi connectivity index (χ4v) is 4.76. The molecule has 0 heterocycles. The number of fused-ring (bicyclic) bond motifs is 1. The topological polar surface area (TPSA) is 26.3 Å². The molecule has 0 aliphatic heterocycles. The highest BCUT2D eigenvalue weighted by atomic mass is 16.5. The molecule has 2 heteroatoms. The average Bonchev–Trinajstić information content (AvgIpc) is 3.19. The van der Waals surface area contributed by atoms with Crippen LogP contribution in [0.3, 0.4) is 0 Å². The smallest absolute Gasteiger partial charge is 0.312 e. The summed E-state index contributed by atoms with van der Waals surface area (Å²) in [4.78, 5) is 12.2. The quantitative estimate of drug-likeness (QED) is 0.556. The lowest BCUT2D eigenvalue weighted by molar-refractivity contribution is -0.151. The van der Waals surface area contributed by atoms with E-state index in [4.69, 9.17) is 4.74 Å². The summed E-state index contributed by atoms with van der Waals surface area (Å²) in [6.45, 7) is 4.66. The molecule has 3 aliphatic rings. The molecule has 0 bridgehead atoms. The highest BCUT2D eigenvalue weighted by Gasteiger charge is 2.60. The van der Waals surface area contributed by atoms with Crippen LogP contribution in [0.25, 0.3) is 0 Å². The lowest BCUT2D eigenvalue weighted by atomic mass is 9.59. The van der Waals surface area contributed by atoms with Gasteiger partial charge in [0.15, 0.2) is 0 Å². The van der Waals surface area contributed by atoms with Gasteiger partial charge >= 0.3 is 5.97 Å². The average molecular weight is 262 g/mol. The summed E-state index contributed by atoms with van der Waals surface area (Å²) in [6.07, 6.45) is 9.67. The molecule has 0 aromatic heterocycles. The lowest BCUT2D eigenvalue weighted by Gasteiger charge is -2.46. The Labute approximate surface area is 116 Å². The van der Waals surface area contributed by atoms with Gasteiger partial charge in [-0.1, -0.05) is 25.0 Å². The zero-order chi connectivity index (χ0) is 13.6. The van der Waals surface area contributed by atoms with Gasteiger partial charge in [-0.15, -0.1) is 0 Å². The lowest BCUT2D eigenvalue weighted by Crippen LogP contribution is -2.41. The molecular weight excluding hydrogens is 236 g/mol. The van der Waals surface area contributed by atoms with Gasteiger partial charge in [-0.25, -0.2) is 0 Å². The number of ether oxygens (including phenoxy) is 1. The van der Waals surface area contributed by atoms with Gasteiger partial charge in [-0.3, -0.25) is 4.79 Å². The highest BCUT2D eigenvalue weighted by Crippen LogP contribution is 2.61. The Bertz CT molecular complexity index is 405. The van der Waals surface area contributed by atoms with Crippen LogP contribution in [0.4, 0.5) is 0 Å². The van der Waals surface area contributed by atoms with E-state index in [0.29, 0.717) is 11.8 Å². The minimum absolute atomic E-state index is 0.0578. The first-order valence-electron chi connectivity index (χ1n) is 7.84. The summed E-state index contributed by atoms with van der Waals surface area (Å²) in [5, 5.41) is 0. The molecule has 106 valence electrons. The normalized spacial score (nSPS) is 40.1. The number of esters is 1. The van der Waals surface area contributed by atoms with Gasteiger partial charge in [0, 0.05) is 0 Å². The van der Waals surface area contributed by atoms with Gasteiger partial charge in [-0.2, -0.15) is 0 Å². The second kappa shape index (κ2) is 4.64. The Kier molecular flexibility index (Phi) is 3.23. The maximum atomic E-state index is 12.2. The minimum Gasteiger partial charge on any atom is -0.469 e. The zero-order valence-corrected chi connectivity index (χ0v) is 12.4. The van der Waals surface area contributed by atoms with Crippen LogP contribution in [-0.4, -0.2) is 13.1 Å². The third-order valence-corrected chi connectivity index (χ3v) is 6.06. The first kappa shape index (κ1) is 13.2. The molecule has 0 radical (unpaired) electrons. The maximum absolute atomic E-state index is 12.2. The SMILES string of the molecule is COC(=O)C1(C2CC[C@@H](C)[C@@H]3CCC(C)=C[C@H]23)CC1. The van der Waals surface area contributed by atoms with Crippen LogP contribution in [0.5, 0.6) is 0 Å². The number of hydrogen-bond donors (Lipinski definition) is 0. The van der Waals surface area contributed by atoms with Gasteiger partial charge in [0.1, 0.15) is 0 Å². The fourth-order valence-electron chi connectivity index (χ4n) is 4.76. The van der Waals surface area contributed by atoms with Crippen molar-refractivity contribution in [3.63, 3.8) is 0 Å². The van der Waals surface area contributed by atoms with Gasteiger partial charge in [0.2, 0.25) is 0 Å². The molecular formula is C17H26O2. The van der Waals surface area contributed by atoms with Crippen molar-refractivity contribution < 1.29 is 9.53 Å². The monoisotopic (exact) mass is 262 g/mol. The number of methoxy groups -OCH3 is 1. The van der Waals surface area contributed by atoms with Crippen LogP contribution in [0.2, 0.25) is 0 Å². The third-order valence-electron chi connectivity index (χ3n) is 6.06. The van der Waals surface area contributed by atoms with E-state index in [1.807, 2.05) is 0 Å². The molecule has 3 rings (SSSR count). The molecule has 0 amide bonds. The first-order valence-corrected chi connectivity index (χ1v) is 7.84. The minimum atomic E-state index is -0.119. The summed E-state index contributed by atoms with van der Waals surface area (Å²) in [5.41, 5.74) is 1.41. The van der Waals surface area contributed by atoms with Crippen molar-refractivity contribution in [2.24, 2.45) is 29.1 Å². The van der Waals surface area contributed by atoms with E-state index >= 15 is 0 Å². The van der Waals surface area contributed by atoms with E-state index in [2.05, 4.69) is 19.9 Å². The van der Waals surface area contributed by atoms with E-state index in [0.717, 1.165) is 24.7 Å². The van der Waals surface area contributed by atoms with E-state index in [-0.39, 0.29) is 11.4 Å². The van der Waals surface area contributed by atoms with E-state index < -0.39 is 0 Å². The van der Waals surface area contributed by atoms with Gasteiger partial charge in [0.25, 0.3) is 0 Å². The van der Waals surface area contributed by atoms with Crippen LogP contribution >= 0.6 is 0 Å². The van der Waals surface area contributed by atoms with Crippen LogP contribution in [0.15, 0.2) is 11.6 Å². The van der Waals surface area contributed by atoms with Crippen molar-refractivity contribution in [1.82, 2.24) is 0 Å². The summed E-state index contributed by atoms with van der Waals surface area (Å²) in [5.74, 6) is 2.83. The zero-order valence-electron chi connectivity index (χ0n) is 12.4. The van der Waals surface area contributed by atoms with Crippen LogP contribution in [-0.2, 0) is 9.53 Å². The summed E-state index contributed by atoms with van der Waals surface area (Å²) in [7, 11) is 1.55. The molecule has 0 saturated heterocycles. The Hall–Kier alpha value is -0.790. The molecule has 2 saturated carbocycles. The molecule has 2 nitrogen and oxygen atoms in total. The van der Waals surface area contributed by atoms with Crippen LogP contribution in [0, 0.1) is 29.1 Å². The van der Waals surface area contributed by atoms with Crippen molar-refractivity contribution >= 4 is 5.97 Å². The molecule has 2 fully saturated rings. The van der Waals surface area contributed by atoms with Crippen molar-refractivity contribution in [1.29, 1.82) is 0 Å². The molecule has 0 N–H and O–H groups in total. The molecule has 0 aromatic rings. The number of allylic oxidation sites excluding steroid dienone is 2. The number of rotatable bonds is 2. The summed E-state index contributed by atoms with van der Waals surface area (Å²) in [6, 6.07) is 0. The number of carbonyl (C=O) groups excluding carboxylic acids is 1. The molecule has 3 aliphatic carbocycles. The summed E-state index contributed by atoms with van der Waals surface area (Å²) >= 11 is 0. The Balaban J connectivity index is 1.89. The van der Waals surface area contributed by atoms with E-state index in [1.54, 1.807) is 7.11 Å². The predicted octanol–water partition coefficient (Wildman–Crippen LogP) is 3.96. The van der Waals surface area contributed by atoms with Gasteiger partial charge in [0.05, 0.1) is 12.5 Å². The van der Waals surface area contributed by atoms with E-state index in [1.165, 1.54) is 31.3 Å². The van der Waals surface area contributed by atoms with E-state index in [9.17, 15) is 4.79 Å². The second-order valence-electron chi connectivity index (χ2n) is 7.10. The van der Waals surface area contributed by atoms with Crippen molar-refractivity contribution in [2.75, 3.05) is 7.11 Å². The number of hydrogen-bond acceptors (Lipinski definition) is 2. The predicted molar refractivity (Wildman–Crippen MR) is 75.5 cm³/mol. The van der Waals surface area contributed by atoms with Crippen LogP contribution in [0.1, 0.15) is 52.4 Å². The Morgan fingerprint density at radius 3 is 2.68 bits per heavy atom. The number of carbonyl (C=O) groups is 1. The van der Waals surface area contributed by atoms with Crippen LogP contribution < -0.4 is 0 Å². The van der Waals surface area contributed by atoms with Crippen molar-refractivity contribution in [3.05, 3.63) is 11.6 Å². The molecule has 19 heavy (non-hydrogen) atoms. The first-order chi connectivity index (χ1) is 9.08.